The number of hydrogen-bond acceptors (Lipinski definition) is 3. The number of halogens is 1. The highest BCUT2D eigenvalue weighted by atomic mass is 79.9. The first-order valence-electron chi connectivity index (χ1n) is 5.51. The van der Waals surface area contributed by atoms with E-state index >= 15 is 0 Å². The van der Waals surface area contributed by atoms with E-state index in [1.807, 2.05) is 7.05 Å². The number of carboxylic acids is 1. The molecule has 6 heteroatoms. The molecule has 0 unspecified atom stereocenters. The molecule has 0 atom stereocenters. The van der Waals surface area contributed by atoms with Crippen LogP contribution >= 0.6 is 15.9 Å². The average molecular weight is 315 g/mol. The van der Waals surface area contributed by atoms with Gasteiger partial charge in [-0.3, -0.25) is 4.79 Å². The van der Waals surface area contributed by atoms with Crippen molar-refractivity contribution in [1.29, 1.82) is 0 Å². The molecule has 5 nitrogen and oxygen atoms in total. The van der Waals surface area contributed by atoms with Gasteiger partial charge in [-0.05, 0) is 38.2 Å². The van der Waals surface area contributed by atoms with Crippen LogP contribution in [0.3, 0.4) is 0 Å². The molecule has 0 bridgehead atoms. The zero-order valence-electron chi connectivity index (χ0n) is 10.00. The molecular formula is C12H15BrN2O3. The Morgan fingerprint density at radius 2 is 2.06 bits per heavy atom. The van der Waals surface area contributed by atoms with Crippen molar-refractivity contribution in [3.05, 3.63) is 28.2 Å². The second-order valence-electron chi connectivity index (χ2n) is 3.79. The van der Waals surface area contributed by atoms with Crippen molar-refractivity contribution in [1.82, 2.24) is 5.32 Å². The van der Waals surface area contributed by atoms with Crippen molar-refractivity contribution >= 4 is 33.5 Å². The van der Waals surface area contributed by atoms with Crippen LogP contribution in [-0.4, -0.2) is 30.6 Å². The fourth-order valence-electron chi connectivity index (χ4n) is 1.43. The van der Waals surface area contributed by atoms with E-state index in [9.17, 15) is 9.59 Å². The van der Waals surface area contributed by atoms with Crippen LogP contribution in [0.15, 0.2) is 22.7 Å². The SMILES string of the molecule is CNCCCC(=O)Nc1cc(Br)cc(C(=O)O)c1. The summed E-state index contributed by atoms with van der Waals surface area (Å²) in [7, 11) is 1.82. The van der Waals surface area contributed by atoms with E-state index in [-0.39, 0.29) is 11.5 Å². The number of nitrogens with one attached hydrogen (secondary N) is 2. The summed E-state index contributed by atoms with van der Waals surface area (Å²) in [5.41, 5.74) is 0.617. The summed E-state index contributed by atoms with van der Waals surface area (Å²) in [5, 5.41) is 14.5. The number of carbonyl (C=O) groups excluding carboxylic acids is 1. The number of benzene rings is 1. The molecule has 0 spiro atoms. The van der Waals surface area contributed by atoms with E-state index in [4.69, 9.17) is 5.11 Å². The Morgan fingerprint density at radius 1 is 1.33 bits per heavy atom. The minimum Gasteiger partial charge on any atom is -0.478 e. The first-order chi connectivity index (χ1) is 8.52. The quantitative estimate of drug-likeness (QED) is 0.702. The minimum atomic E-state index is -1.03. The van der Waals surface area contributed by atoms with Gasteiger partial charge in [0.05, 0.1) is 5.56 Å². The highest BCUT2D eigenvalue weighted by Gasteiger charge is 2.08. The first-order valence-corrected chi connectivity index (χ1v) is 6.30. The summed E-state index contributed by atoms with van der Waals surface area (Å²) < 4.78 is 0.618. The van der Waals surface area contributed by atoms with Crippen LogP contribution < -0.4 is 10.6 Å². The van der Waals surface area contributed by atoms with Gasteiger partial charge in [0.25, 0.3) is 0 Å². The third-order valence-corrected chi connectivity index (χ3v) is 2.72. The van der Waals surface area contributed by atoms with E-state index in [0.717, 1.165) is 13.0 Å². The van der Waals surface area contributed by atoms with Gasteiger partial charge in [0.15, 0.2) is 0 Å². The number of anilines is 1. The zero-order chi connectivity index (χ0) is 13.5. The Hall–Kier alpha value is -1.40. The fraction of sp³-hybridized carbons (Fsp3) is 0.333. The van der Waals surface area contributed by atoms with Crippen LogP contribution in [-0.2, 0) is 4.79 Å². The second-order valence-corrected chi connectivity index (χ2v) is 4.70. The summed E-state index contributed by atoms with van der Waals surface area (Å²) >= 11 is 3.21. The molecule has 0 heterocycles. The van der Waals surface area contributed by atoms with Gasteiger partial charge in [-0.2, -0.15) is 0 Å². The van der Waals surface area contributed by atoms with Crippen molar-refractivity contribution in [3.63, 3.8) is 0 Å². The van der Waals surface area contributed by atoms with Crippen LogP contribution in [0.4, 0.5) is 5.69 Å². The van der Waals surface area contributed by atoms with Gasteiger partial charge in [-0.25, -0.2) is 4.79 Å². The third kappa shape index (κ3) is 4.85. The monoisotopic (exact) mass is 314 g/mol. The molecular weight excluding hydrogens is 300 g/mol. The van der Waals surface area contributed by atoms with Crippen LogP contribution in [0, 0.1) is 0 Å². The molecule has 98 valence electrons. The molecule has 1 amide bonds. The summed E-state index contributed by atoms with van der Waals surface area (Å²) in [4.78, 5) is 22.4. The Labute approximate surface area is 114 Å². The lowest BCUT2D eigenvalue weighted by Crippen LogP contribution is -2.15. The molecule has 0 radical (unpaired) electrons. The molecule has 0 aliphatic carbocycles. The minimum absolute atomic E-state index is 0.125. The van der Waals surface area contributed by atoms with Gasteiger partial charge in [0.2, 0.25) is 5.91 Å². The van der Waals surface area contributed by atoms with Gasteiger partial charge in [0, 0.05) is 16.6 Å². The zero-order valence-corrected chi connectivity index (χ0v) is 11.6. The van der Waals surface area contributed by atoms with Gasteiger partial charge >= 0.3 is 5.97 Å². The molecule has 0 saturated heterocycles. The molecule has 18 heavy (non-hydrogen) atoms. The molecule has 1 rings (SSSR count). The topological polar surface area (TPSA) is 78.4 Å². The molecule has 0 aromatic heterocycles. The normalized spacial score (nSPS) is 10.1. The standard InChI is InChI=1S/C12H15BrN2O3/c1-14-4-2-3-11(16)15-10-6-8(12(17)18)5-9(13)7-10/h5-7,14H,2-4H2,1H3,(H,15,16)(H,17,18). The van der Waals surface area contributed by atoms with Crippen LogP contribution in [0.2, 0.25) is 0 Å². The highest BCUT2D eigenvalue weighted by molar-refractivity contribution is 9.10. The van der Waals surface area contributed by atoms with E-state index in [1.54, 1.807) is 6.07 Å². The Balaban J connectivity index is 2.66. The first kappa shape index (κ1) is 14.7. The third-order valence-electron chi connectivity index (χ3n) is 2.26. The molecule has 0 aliphatic rings. The van der Waals surface area contributed by atoms with E-state index in [2.05, 4.69) is 26.6 Å². The van der Waals surface area contributed by atoms with Crippen LogP contribution in [0.25, 0.3) is 0 Å². The molecule has 0 saturated carbocycles. The van der Waals surface area contributed by atoms with E-state index in [0.29, 0.717) is 16.6 Å². The van der Waals surface area contributed by atoms with Gasteiger partial charge in [-0.1, -0.05) is 15.9 Å². The second kappa shape index (κ2) is 7.13. The van der Waals surface area contributed by atoms with E-state index in [1.165, 1.54) is 12.1 Å². The highest BCUT2D eigenvalue weighted by Crippen LogP contribution is 2.20. The Kier molecular flexibility index (Phi) is 5.80. The van der Waals surface area contributed by atoms with Crippen molar-refractivity contribution in [2.45, 2.75) is 12.8 Å². The van der Waals surface area contributed by atoms with Crippen molar-refractivity contribution in [3.8, 4) is 0 Å². The number of carbonyl (C=O) groups is 2. The number of aromatic carboxylic acids is 1. The molecule has 3 N–H and O–H groups in total. The van der Waals surface area contributed by atoms with Gasteiger partial charge in [0.1, 0.15) is 0 Å². The summed E-state index contributed by atoms with van der Waals surface area (Å²) in [6, 6.07) is 4.59. The number of hydrogen-bond donors (Lipinski definition) is 3. The van der Waals surface area contributed by atoms with Crippen LogP contribution in [0.5, 0.6) is 0 Å². The predicted octanol–water partition coefficient (Wildman–Crippen LogP) is 2.09. The maximum absolute atomic E-state index is 11.6. The van der Waals surface area contributed by atoms with E-state index < -0.39 is 5.97 Å². The fourth-order valence-corrected chi connectivity index (χ4v) is 1.93. The molecule has 1 aromatic carbocycles. The Bertz CT molecular complexity index is 449. The summed E-state index contributed by atoms with van der Waals surface area (Å²) in [6.45, 7) is 0.770. The molecule has 1 aromatic rings. The average Bonchev–Trinajstić information content (AvgIpc) is 2.28. The summed E-state index contributed by atoms with van der Waals surface area (Å²) in [5.74, 6) is -1.15. The molecule has 0 aliphatic heterocycles. The van der Waals surface area contributed by atoms with Crippen molar-refractivity contribution in [2.75, 3.05) is 18.9 Å². The number of amides is 1. The lowest BCUT2D eigenvalue weighted by molar-refractivity contribution is -0.116. The largest absolute Gasteiger partial charge is 0.478 e. The molecule has 0 fully saturated rings. The van der Waals surface area contributed by atoms with Gasteiger partial charge < -0.3 is 15.7 Å². The number of carboxylic acid groups (broad SMARTS) is 1. The van der Waals surface area contributed by atoms with Crippen LogP contribution in [0.1, 0.15) is 23.2 Å². The smallest absolute Gasteiger partial charge is 0.335 e. The maximum Gasteiger partial charge on any atom is 0.335 e. The number of rotatable bonds is 6. The maximum atomic E-state index is 11.6. The van der Waals surface area contributed by atoms with Gasteiger partial charge in [-0.15, -0.1) is 0 Å². The van der Waals surface area contributed by atoms with Crippen molar-refractivity contribution in [2.24, 2.45) is 0 Å². The predicted molar refractivity (Wildman–Crippen MR) is 72.9 cm³/mol. The van der Waals surface area contributed by atoms with Crippen molar-refractivity contribution < 1.29 is 14.7 Å². The lowest BCUT2D eigenvalue weighted by atomic mass is 10.2. The Morgan fingerprint density at radius 3 is 2.67 bits per heavy atom. The lowest BCUT2D eigenvalue weighted by Gasteiger charge is -2.07. The summed E-state index contributed by atoms with van der Waals surface area (Å²) in [6.07, 6.45) is 1.14.